The van der Waals surface area contributed by atoms with Crippen molar-refractivity contribution < 1.29 is 23.9 Å². The molecule has 0 fully saturated rings. The molecule has 0 heterocycles. The van der Waals surface area contributed by atoms with Gasteiger partial charge in [-0.05, 0) is 24.1 Å². The van der Waals surface area contributed by atoms with Crippen LogP contribution in [0.4, 0.5) is 5.69 Å². The van der Waals surface area contributed by atoms with Gasteiger partial charge in [0, 0.05) is 18.6 Å². The molecule has 0 radical (unpaired) electrons. The van der Waals surface area contributed by atoms with E-state index in [0.29, 0.717) is 13.0 Å². The van der Waals surface area contributed by atoms with E-state index in [1.54, 1.807) is 0 Å². The predicted octanol–water partition coefficient (Wildman–Crippen LogP) is 5.33. The first-order chi connectivity index (χ1) is 15.5. The van der Waals surface area contributed by atoms with Crippen LogP contribution in [0.2, 0.25) is 0 Å². The molecule has 32 heavy (non-hydrogen) atoms. The Labute approximate surface area is 186 Å². The summed E-state index contributed by atoms with van der Waals surface area (Å²) >= 11 is 0. The van der Waals surface area contributed by atoms with Crippen molar-refractivity contribution in [3.63, 3.8) is 0 Å². The number of nitro benzene ring substituents is 1. The average Bonchev–Trinajstić information content (AvgIpc) is 2.82. The van der Waals surface area contributed by atoms with E-state index in [2.05, 4.69) is 0 Å². The smallest absolute Gasteiger partial charge is 0.342 e. The maximum Gasteiger partial charge on any atom is 0.342 e. The fourth-order valence-corrected chi connectivity index (χ4v) is 2.94. The molecule has 0 aliphatic heterocycles. The summed E-state index contributed by atoms with van der Waals surface area (Å²) in [5.41, 5.74) is 1.79. The van der Waals surface area contributed by atoms with Crippen molar-refractivity contribution >= 4 is 11.7 Å². The Morgan fingerprint density at radius 3 is 2.19 bits per heavy atom. The third-order valence-electron chi connectivity index (χ3n) is 4.77. The van der Waals surface area contributed by atoms with Crippen LogP contribution in [0, 0.1) is 10.1 Å². The van der Waals surface area contributed by atoms with Crippen molar-refractivity contribution in [2.24, 2.45) is 0 Å². The number of hydrogen-bond donors (Lipinski definition) is 0. The van der Waals surface area contributed by atoms with E-state index in [1.165, 1.54) is 18.2 Å². The minimum absolute atomic E-state index is 0.0213. The van der Waals surface area contributed by atoms with Crippen LogP contribution in [0.1, 0.15) is 34.8 Å². The van der Waals surface area contributed by atoms with Crippen molar-refractivity contribution in [3.8, 4) is 5.75 Å². The maximum atomic E-state index is 12.6. The second kappa shape index (κ2) is 11.6. The van der Waals surface area contributed by atoms with Crippen LogP contribution in [0.25, 0.3) is 0 Å². The van der Waals surface area contributed by atoms with E-state index >= 15 is 0 Å². The summed E-state index contributed by atoms with van der Waals surface area (Å²) in [6.45, 7) is 2.72. The van der Waals surface area contributed by atoms with Crippen molar-refractivity contribution in [3.05, 3.63) is 106 Å². The molecule has 7 nitrogen and oxygen atoms in total. The Hall–Kier alpha value is -3.71. The van der Waals surface area contributed by atoms with Gasteiger partial charge in [0.15, 0.2) is 0 Å². The monoisotopic (exact) mass is 435 g/mol. The van der Waals surface area contributed by atoms with Crippen molar-refractivity contribution in [1.82, 2.24) is 0 Å². The Morgan fingerprint density at radius 2 is 1.56 bits per heavy atom. The number of benzene rings is 3. The summed E-state index contributed by atoms with van der Waals surface area (Å²) in [6, 6.07) is 23.1. The number of esters is 1. The van der Waals surface area contributed by atoms with Crippen LogP contribution >= 0.6 is 0 Å². The van der Waals surface area contributed by atoms with Crippen LogP contribution in [0.15, 0.2) is 78.9 Å². The third-order valence-corrected chi connectivity index (χ3v) is 4.77. The van der Waals surface area contributed by atoms with Gasteiger partial charge in [0.1, 0.15) is 17.9 Å². The summed E-state index contributed by atoms with van der Waals surface area (Å²) < 4.78 is 16.9. The van der Waals surface area contributed by atoms with Gasteiger partial charge in [-0.3, -0.25) is 10.1 Å². The summed E-state index contributed by atoms with van der Waals surface area (Å²) in [5, 5.41) is 11.2. The molecule has 1 atom stereocenters. The zero-order valence-electron chi connectivity index (χ0n) is 17.8. The van der Waals surface area contributed by atoms with Crippen LogP contribution in [0.3, 0.4) is 0 Å². The number of carbonyl (C=O) groups excluding carboxylic acids is 1. The van der Waals surface area contributed by atoms with E-state index in [-0.39, 0.29) is 36.3 Å². The number of carbonyl (C=O) groups is 1. The lowest BCUT2D eigenvalue weighted by molar-refractivity contribution is -0.384. The molecule has 0 aliphatic carbocycles. The highest BCUT2D eigenvalue weighted by molar-refractivity contribution is 5.93. The van der Waals surface area contributed by atoms with Gasteiger partial charge in [-0.25, -0.2) is 4.79 Å². The lowest BCUT2D eigenvalue weighted by Crippen LogP contribution is -2.15. The number of nitro groups is 1. The molecule has 0 N–H and O–H groups in total. The zero-order valence-corrected chi connectivity index (χ0v) is 17.8. The van der Waals surface area contributed by atoms with Crippen LogP contribution < -0.4 is 4.74 Å². The van der Waals surface area contributed by atoms with Gasteiger partial charge in [-0.2, -0.15) is 0 Å². The second-order valence-corrected chi connectivity index (χ2v) is 7.24. The first-order valence-corrected chi connectivity index (χ1v) is 10.3. The van der Waals surface area contributed by atoms with Gasteiger partial charge < -0.3 is 14.2 Å². The molecule has 0 saturated heterocycles. The van der Waals surface area contributed by atoms with E-state index in [4.69, 9.17) is 14.2 Å². The van der Waals surface area contributed by atoms with E-state index < -0.39 is 10.9 Å². The predicted molar refractivity (Wildman–Crippen MR) is 119 cm³/mol. The second-order valence-electron chi connectivity index (χ2n) is 7.24. The van der Waals surface area contributed by atoms with Crippen molar-refractivity contribution in [1.29, 1.82) is 0 Å². The minimum atomic E-state index is -0.674. The van der Waals surface area contributed by atoms with Gasteiger partial charge in [-0.1, -0.05) is 60.7 Å². The standard InChI is InChI=1S/C25H25NO6/c1-19(31-17-20-8-4-2-5-9-20)14-15-30-25(27)23-16-22(26(28)29)12-13-24(23)32-18-21-10-6-3-7-11-21/h2-13,16,19H,14-15,17-18H2,1H3/t19-/m1/s1. The Morgan fingerprint density at radius 1 is 0.938 bits per heavy atom. The Kier molecular flexibility index (Phi) is 8.34. The summed E-state index contributed by atoms with van der Waals surface area (Å²) in [5.74, 6) is -0.440. The number of non-ortho nitro benzene ring substituents is 1. The first-order valence-electron chi connectivity index (χ1n) is 10.3. The third kappa shape index (κ3) is 6.92. The molecule has 0 spiro atoms. The minimum Gasteiger partial charge on any atom is -0.488 e. The highest BCUT2D eigenvalue weighted by atomic mass is 16.6. The Balaban J connectivity index is 1.57. The molecule has 0 aliphatic rings. The highest BCUT2D eigenvalue weighted by Gasteiger charge is 2.20. The van der Waals surface area contributed by atoms with Gasteiger partial charge in [0.05, 0.1) is 24.2 Å². The molecule has 0 bridgehead atoms. The summed E-state index contributed by atoms with van der Waals surface area (Å²) in [4.78, 5) is 23.2. The number of rotatable bonds is 11. The fraction of sp³-hybridized carbons (Fsp3) is 0.240. The molecule has 3 rings (SSSR count). The number of ether oxygens (including phenoxy) is 3. The molecule has 0 unspecified atom stereocenters. The molecule has 0 amide bonds. The quantitative estimate of drug-likeness (QED) is 0.230. The molecule has 166 valence electrons. The average molecular weight is 435 g/mol. The Bertz CT molecular complexity index is 1020. The highest BCUT2D eigenvalue weighted by Crippen LogP contribution is 2.26. The molecule has 3 aromatic carbocycles. The topological polar surface area (TPSA) is 87.9 Å². The van der Waals surface area contributed by atoms with Crippen LogP contribution in [0.5, 0.6) is 5.75 Å². The SMILES string of the molecule is C[C@H](CCOC(=O)c1cc([N+](=O)[O-])ccc1OCc1ccccc1)OCc1ccccc1. The molecule has 3 aromatic rings. The summed E-state index contributed by atoms with van der Waals surface area (Å²) in [7, 11) is 0. The largest absolute Gasteiger partial charge is 0.488 e. The fourth-order valence-electron chi connectivity index (χ4n) is 2.94. The first kappa shape index (κ1) is 23.0. The van der Waals surface area contributed by atoms with Crippen LogP contribution in [-0.4, -0.2) is 23.6 Å². The summed E-state index contributed by atoms with van der Waals surface area (Å²) in [6.07, 6.45) is 0.371. The van der Waals surface area contributed by atoms with Gasteiger partial charge >= 0.3 is 5.97 Å². The van der Waals surface area contributed by atoms with E-state index in [9.17, 15) is 14.9 Å². The maximum absolute atomic E-state index is 12.6. The van der Waals surface area contributed by atoms with Gasteiger partial charge in [0.2, 0.25) is 0 Å². The molecule has 0 saturated carbocycles. The molecule has 0 aromatic heterocycles. The molecule has 7 heteroatoms. The van der Waals surface area contributed by atoms with Gasteiger partial charge in [-0.15, -0.1) is 0 Å². The van der Waals surface area contributed by atoms with E-state index in [0.717, 1.165) is 11.1 Å². The number of hydrogen-bond acceptors (Lipinski definition) is 6. The lowest BCUT2D eigenvalue weighted by atomic mass is 10.1. The molecular weight excluding hydrogens is 410 g/mol. The normalized spacial score (nSPS) is 11.5. The van der Waals surface area contributed by atoms with Crippen LogP contribution in [-0.2, 0) is 22.7 Å². The zero-order chi connectivity index (χ0) is 22.8. The lowest BCUT2D eigenvalue weighted by Gasteiger charge is -2.14. The molecular formula is C25H25NO6. The van der Waals surface area contributed by atoms with Gasteiger partial charge in [0.25, 0.3) is 5.69 Å². The number of nitrogens with zero attached hydrogens (tertiary/aromatic N) is 1. The van der Waals surface area contributed by atoms with Crippen molar-refractivity contribution in [2.75, 3.05) is 6.61 Å². The van der Waals surface area contributed by atoms with E-state index in [1.807, 2.05) is 67.6 Å². The van der Waals surface area contributed by atoms with Crippen molar-refractivity contribution in [2.45, 2.75) is 32.7 Å².